The maximum atomic E-state index is 13.2. The second-order valence-corrected chi connectivity index (χ2v) is 5.32. The number of hydrogen-bond acceptors (Lipinski definition) is 0. The zero-order valence-electron chi connectivity index (χ0n) is 11.1. The molecule has 1 aliphatic carbocycles. The minimum atomic E-state index is -1.37. The van der Waals surface area contributed by atoms with Gasteiger partial charge in [-0.1, -0.05) is 12.2 Å². The van der Waals surface area contributed by atoms with Gasteiger partial charge in [0.05, 0.1) is 0 Å². The Kier molecular flexibility index (Phi) is 4.67. The molecular weight excluding hydrogens is 249 g/mol. The molecule has 3 heteroatoms. The van der Waals surface area contributed by atoms with E-state index in [1.807, 2.05) is 6.92 Å². The van der Waals surface area contributed by atoms with Gasteiger partial charge in [0.2, 0.25) is 0 Å². The molecule has 0 aromatic heterocycles. The van der Waals surface area contributed by atoms with Crippen LogP contribution in [-0.4, -0.2) is 0 Å². The molecule has 0 radical (unpaired) electrons. The summed E-state index contributed by atoms with van der Waals surface area (Å²) in [6.45, 7) is 2.01. The van der Waals surface area contributed by atoms with Crippen LogP contribution in [0.5, 0.6) is 0 Å². The van der Waals surface area contributed by atoms with E-state index in [-0.39, 0.29) is 5.92 Å². The van der Waals surface area contributed by atoms with E-state index in [1.54, 1.807) is 0 Å². The molecule has 0 unspecified atom stereocenters. The maximum absolute atomic E-state index is 13.2. The first-order chi connectivity index (χ1) is 9.11. The molecule has 0 N–H and O–H groups in total. The second kappa shape index (κ2) is 6.27. The Bertz CT molecular complexity index is 434. The lowest BCUT2D eigenvalue weighted by molar-refractivity contribution is 0.326. The third-order valence-corrected chi connectivity index (χ3v) is 4.03. The highest BCUT2D eigenvalue weighted by Gasteiger charge is 2.23. The van der Waals surface area contributed by atoms with Crippen LogP contribution in [0.25, 0.3) is 0 Å². The van der Waals surface area contributed by atoms with Crippen molar-refractivity contribution in [3.05, 3.63) is 47.3 Å². The summed E-state index contributed by atoms with van der Waals surface area (Å²) in [5, 5.41) is 0. The van der Waals surface area contributed by atoms with E-state index in [0.29, 0.717) is 11.5 Å². The van der Waals surface area contributed by atoms with E-state index in [1.165, 1.54) is 0 Å². The van der Waals surface area contributed by atoms with E-state index in [0.717, 1.165) is 44.2 Å². The highest BCUT2D eigenvalue weighted by atomic mass is 19.2. The fraction of sp³-hybridized carbons (Fsp3) is 0.500. The SMILES string of the molecule is C/C=C/C[C@H]1CC[C@H](c2cc(F)c(F)c(F)c2)CC1. The Morgan fingerprint density at radius 3 is 2.16 bits per heavy atom. The highest BCUT2D eigenvalue weighted by molar-refractivity contribution is 5.23. The molecule has 1 aliphatic rings. The molecule has 0 saturated heterocycles. The largest absolute Gasteiger partial charge is 0.204 e. The molecule has 1 aromatic carbocycles. The third-order valence-electron chi connectivity index (χ3n) is 4.03. The molecular formula is C16H19F3. The van der Waals surface area contributed by atoms with E-state index in [9.17, 15) is 13.2 Å². The quantitative estimate of drug-likeness (QED) is 0.512. The normalized spacial score (nSPS) is 24.0. The van der Waals surface area contributed by atoms with Crippen molar-refractivity contribution < 1.29 is 13.2 Å². The van der Waals surface area contributed by atoms with Crippen molar-refractivity contribution in [2.75, 3.05) is 0 Å². The van der Waals surface area contributed by atoms with Crippen LogP contribution in [0.4, 0.5) is 13.2 Å². The van der Waals surface area contributed by atoms with Crippen molar-refractivity contribution in [2.45, 2.75) is 44.9 Å². The summed E-state index contributed by atoms with van der Waals surface area (Å²) in [5.74, 6) is -2.70. The first kappa shape index (κ1) is 14.2. The van der Waals surface area contributed by atoms with E-state index in [2.05, 4.69) is 12.2 Å². The Balaban J connectivity index is 2.01. The van der Waals surface area contributed by atoms with Gasteiger partial charge < -0.3 is 0 Å². The highest BCUT2D eigenvalue weighted by Crippen LogP contribution is 2.37. The van der Waals surface area contributed by atoms with Gasteiger partial charge in [-0.05, 0) is 68.6 Å². The van der Waals surface area contributed by atoms with Crippen LogP contribution in [0.15, 0.2) is 24.3 Å². The van der Waals surface area contributed by atoms with E-state index in [4.69, 9.17) is 0 Å². The molecule has 19 heavy (non-hydrogen) atoms. The van der Waals surface area contributed by atoms with Crippen LogP contribution in [0.1, 0.15) is 50.5 Å². The number of benzene rings is 1. The van der Waals surface area contributed by atoms with Gasteiger partial charge in [-0.2, -0.15) is 0 Å². The zero-order chi connectivity index (χ0) is 13.8. The molecule has 0 amide bonds. The lowest BCUT2D eigenvalue weighted by Crippen LogP contribution is -2.13. The average Bonchev–Trinajstić information content (AvgIpc) is 2.42. The van der Waals surface area contributed by atoms with Gasteiger partial charge in [0, 0.05) is 0 Å². The van der Waals surface area contributed by atoms with Crippen molar-refractivity contribution in [1.82, 2.24) is 0 Å². The van der Waals surface area contributed by atoms with Crippen LogP contribution in [-0.2, 0) is 0 Å². The summed E-state index contributed by atoms with van der Waals surface area (Å²) in [5.41, 5.74) is 0.598. The monoisotopic (exact) mass is 268 g/mol. The number of halogens is 3. The van der Waals surface area contributed by atoms with Crippen molar-refractivity contribution in [2.24, 2.45) is 5.92 Å². The number of hydrogen-bond donors (Lipinski definition) is 0. The second-order valence-electron chi connectivity index (χ2n) is 5.32. The fourth-order valence-corrected chi connectivity index (χ4v) is 2.87. The molecule has 0 aliphatic heterocycles. The number of allylic oxidation sites excluding steroid dienone is 2. The number of rotatable bonds is 3. The Morgan fingerprint density at radius 2 is 1.63 bits per heavy atom. The van der Waals surface area contributed by atoms with Gasteiger partial charge in [0.25, 0.3) is 0 Å². The summed E-state index contributed by atoms with van der Waals surface area (Å²) < 4.78 is 39.3. The molecule has 104 valence electrons. The van der Waals surface area contributed by atoms with Gasteiger partial charge in [-0.25, -0.2) is 13.2 Å². The average molecular weight is 268 g/mol. The van der Waals surface area contributed by atoms with Crippen LogP contribution in [0, 0.1) is 23.4 Å². The molecule has 0 heterocycles. The minimum Gasteiger partial charge on any atom is -0.204 e. The van der Waals surface area contributed by atoms with E-state index < -0.39 is 17.5 Å². The summed E-state index contributed by atoms with van der Waals surface area (Å²) in [4.78, 5) is 0. The lowest BCUT2D eigenvalue weighted by Gasteiger charge is -2.28. The van der Waals surface area contributed by atoms with Gasteiger partial charge in [-0.3, -0.25) is 0 Å². The lowest BCUT2D eigenvalue weighted by atomic mass is 9.77. The van der Waals surface area contributed by atoms with Crippen molar-refractivity contribution in [3.8, 4) is 0 Å². The van der Waals surface area contributed by atoms with Crippen molar-refractivity contribution in [1.29, 1.82) is 0 Å². The van der Waals surface area contributed by atoms with Crippen LogP contribution < -0.4 is 0 Å². The Hall–Kier alpha value is -1.25. The van der Waals surface area contributed by atoms with Gasteiger partial charge in [0.15, 0.2) is 17.5 Å². The maximum Gasteiger partial charge on any atom is 0.194 e. The van der Waals surface area contributed by atoms with Crippen LogP contribution in [0.3, 0.4) is 0 Å². The molecule has 0 nitrogen and oxygen atoms in total. The van der Waals surface area contributed by atoms with Gasteiger partial charge >= 0.3 is 0 Å². The van der Waals surface area contributed by atoms with Crippen molar-refractivity contribution >= 4 is 0 Å². The minimum absolute atomic E-state index is 0.159. The Morgan fingerprint density at radius 1 is 1.05 bits per heavy atom. The van der Waals surface area contributed by atoms with Crippen LogP contribution in [0.2, 0.25) is 0 Å². The van der Waals surface area contributed by atoms with Gasteiger partial charge in [0.1, 0.15) is 0 Å². The summed E-state index contributed by atoms with van der Waals surface area (Å²) >= 11 is 0. The molecule has 0 spiro atoms. The van der Waals surface area contributed by atoms with Crippen molar-refractivity contribution in [3.63, 3.8) is 0 Å². The predicted molar refractivity (Wildman–Crippen MR) is 70.4 cm³/mol. The smallest absolute Gasteiger partial charge is 0.194 e. The molecule has 1 aromatic rings. The summed E-state index contributed by atoms with van der Waals surface area (Å²) in [6, 6.07) is 2.30. The van der Waals surface area contributed by atoms with E-state index >= 15 is 0 Å². The summed E-state index contributed by atoms with van der Waals surface area (Å²) in [6.07, 6.45) is 9.28. The molecule has 1 saturated carbocycles. The molecule has 0 bridgehead atoms. The molecule has 0 atom stereocenters. The first-order valence-electron chi connectivity index (χ1n) is 6.87. The molecule has 2 rings (SSSR count). The fourth-order valence-electron chi connectivity index (χ4n) is 2.87. The molecule has 1 fully saturated rings. The topological polar surface area (TPSA) is 0 Å². The van der Waals surface area contributed by atoms with Gasteiger partial charge in [-0.15, -0.1) is 0 Å². The standard InChI is InChI=1S/C16H19F3/c1-2-3-4-11-5-7-12(8-6-11)13-9-14(17)16(19)15(18)10-13/h2-3,9-12H,4-8H2,1H3/b3-2+/t11-,12-. The zero-order valence-corrected chi connectivity index (χ0v) is 11.1. The van der Waals surface area contributed by atoms with Crippen LogP contribution >= 0.6 is 0 Å². The third kappa shape index (κ3) is 3.40. The Labute approximate surface area is 112 Å². The first-order valence-corrected chi connectivity index (χ1v) is 6.87. The predicted octanol–water partition coefficient (Wildman–Crippen LogP) is 5.34. The summed E-state index contributed by atoms with van der Waals surface area (Å²) in [7, 11) is 0.